The van der Waals surface area contributed by atoms with E-state index in [0.29, 0.717) is 38.0 Å². The van der Waals surface area contributed by atoms with E-state index >= 15 is 0 Å². The highest BCUT2D eigenvalue weighted by molar-refractivity contribution is 5.78. The SMILES string of the molecule is CC1CC(C)CN(C(=O)CN2CCN(C(=O)NC(C)Cn3cncn3)CC2)C1. The average Bonchev–Trinajstić information content (AvgIpc) is 3.14. The first-order valence-corrected chi connectivity index (χ1v) is 10.3. The zero-order valence-electron chi connectivity index (χ0n) is 17.3. The van der Waals surface area contributed by atoms with Gasteiger partial charge < -0.3 is 15.1 Å². The molecule has 0 aliphatic carbocycles. The summed E-state index contributed by atoms with van der Waals surface area (Å²) in [6, 6.07) is -0.0887. The van der Waals surface area contributed by atoms with Crippen LogP contribution in [0.3, 0.4) is 0 Å². The molecule has 0 spiro atoms. The van der Waals surface area contributed by atoms with E-state index in [4.69, 9.17) is 0 Å². The van der Waals surface area contributed by atoms with Crippen molar-refractivity contribution < 1.29 is 9.59 Å². The Bertz CT molecular complexity index is 633. The van der Waals surface area contributed by atoms with Crippen molar-refractivity contribution in [1.82, 2.24) is 34.8 Å². The summed E-state index contributed by atoms with van der Waals surface area (Å²) in [6.07, 6.45) is 4.33. The van der Waals surface area contributed by atoms with E-state index in [1.54, 1.807) is 11.0 Å². The molecule has 3 rings (SSSR count). The predicted molar refractivity (Wildman–Crippen MR) is 106 cm³/mol. The van der Waals surface area contributed by atoms with E-state index in [1.165, 1.54) is 12.7 Å². The van der Waals surface area contributed by atoms with Gasteiger partial charge in [0.05, 0.1) is 13.1 Å². The Morgan fingerprint density at radius 3 is 2.39 bits per heavy atom. The van der Waals surface area contributed by atoms with Crippen molar-refractivity contribution >= 4 is 11.9 Å². The number of hydrogen-bond acceptors (Lipinski definition) is 5. The number of aromatic nitrogens is 3. The van der Waals surface area contributed by atoms with Gasteiger partial charge in [-0.3, -0.25) is 14.4 Å². The summed E-state index contributed by atoms with van der Waals surface area (Å²) in [5.41, 5.74) is 0. The van der Waals surface area contributed by atoms with Crippen LogP contribution in [0.15, 0.2) is 12.7 Å². The molecule has 3 atom stereocenters. The minimum atomic E-state index is -0.0581. The lowest BCUT2D eigenvalue weighted by Crippen LogP contribution is -2.55. The first kappa shape index (κ1) is 20.6. The van der Waals surface area contributed by atoms with E-state index in [0.717, 1.165) is 26.2 Å². The van der Waals surface area contributed by atoms with Crippen LogP contribution in [-0.4, -0.2) is 93.3 Å². The highest BCUT2D eigenvalue weighted by Crippen LogP contribution is 2.21. The molecule has 0 radical (unpaired) electrons. The van der Waals surface area contributed by atoms with Crippen molar-refractivity contribution in [1.29, 1.82) is 0 Å². The third-order valence-corrected chi connectivity index (χ3v) is 5.54. The third-order valence-electron chi connectivity index (χ3n) is 5.54. The summed E-state index contributed by atoms with van der Waals surface area (Å²) < 4.78 is 1.71. The van der Waals surface area contributed by atoms with Crippen LogP contribution in [0.4, 0.5) is 4.79 Å². The van der Waals surface area contributed by atoms with Gasteiger partial charge in [-0.2, -0.15) is 5.10 Å². The zero-order valence-corrected chi connectivity index (χ0v) is 17.3. The van der Waals surface area contributed by atoms with Gasteiger partial charge in [-0.15, -0.1) is 0 Å². The highest BCUT2D eigenvalue weighted by atomic mass is 16.2. The van der Waals surface area contributed by atoms with Gasteiger partial charge in [-0.05, 0) is 25.2 Å². The standard InChI is InChI=1S/C19H33N7O2/c1-15-8-16(2)10-25(9-15)18(27)12-23-4-6-24(7-5-23)19(28)22-17(3)11-26-14-20-13-21-26/h13-17H,4-12H2,1-3H3,(H,22,28). The average molecular weight is 392 g/mol. The molecule has 3 amide bonds. The number of rotatable bonds is 5. The number of urea groups is 1. The lowest BCUT2D eigenvalue weighted by Gasteiger charge is -2.38. The van der Waals surface area contributed by atoms with E-state index in [1.807, 2.05) is 16.7 Å². The van der Waals surface area contributed by atoms with Crippen LogP contribution in [0.1, 0.15) is 27.2 Å². The zero-order chi connectivity index (χ0) is 20.1. The number of carbonyl (C=O) groups excluding carboxylic acids is 2. The van der Waals surface area contributed by atoms with Gasteiger partial charge in [0.25, 0.3) is 0 Å². The first-order valence-electron chi connectivity index (χ1n) is 10.3. The molecule has 2 aliphatic heterocycles. The largest absolute Gasteiger partial charge is 0.341 e. The molecule has 3 unspecified atom stereocenters. The second kappa shape index (κ2) is 9.36. The van der Waals surface area contributed by atoms with Crippen molar-refractivity contribution in [2.45, 2.75) is 39.8 Å². The normalized spacial score (nSPS) is 24.8. The van der Waals surface area contributed by atoms with Crippen molar-refractivity contribution in [2.24, 2.45) is 11.8 Å². The molecular weight excluding hydrogens is 358 g/mol. The fraction of sp³-hybridized carbons (Fsp3) is 0.789. The number of carbonyl (C=O) groups is 2. The topological polar surface area (TPSA) is 86.6 Å². The number of likely N-dealkylation sites (tertiary alicyclic amines) is 1. The summed E-state index contributed by atoms with van der Waals surface area (Å²) in [5.74, 6) is 1.37. The number of hydrogen-bond donors (Lipinski definition) is 1. The van der Waals surface area contributed by atoms with Crippen molar-refractivity contribution in [3.8, 4) is 0 Å². The maximum absolute atomic E-state index is 12.6. The maximum Gasteiger partial charge on any atom is 0.317 e. The Balaban J connectivity index is 1.39. The van der Waals surface area contributed by atoms with Crippen LogP contribution >= 0.6 is 0 Å². The molecule has 9 nitrogen and oxygen atoms in total. The molecule has 0 bridgehead atoms. The molecule has 156 valence electrons. The molecule has 3 heterocycles. The Morgan fingerprint density at radius 2 is 1.79 bits per heavy atom. The second-order valence-electron chi connectivity index (χ2n) is 8.48. The lowest BCUT2D eigenvalue weighted by atomic mass is 9.92. The van der Waals surface area contributed by atoms with Gasteiger partial charge in [0, 0.05) is 45.3 Å². The molecule has 0 saturated carbocycles. The number of piperidine rings is 1. The minimum absolute atomic E-state index is 0.0307. The molecule has 0 aromatic carbocycles. The van der Waals surface area contributed by atoms with Gasteiger partial charge in [0.15, 0.2) is 0 Å². The van der Waals surface area contributed by atoms with E-state index in [-0.39, 0.29) is 18.0 Å². The van der Waals surface area contributed by atoms with Crippen LogP contribution in [0.25, 0.3) is 0 Å². The van der Waals surface area contributed by atoms with Gasteiger partial charge in [0.1, 0.15) is 12.7 Å². The van der Waals surface area contributed by atoms with Crippen LogP contribution < -0.4 is 5.32 Å². The van der Waals surface area contributed by atoms with Gasteiger partial charge in [-0.1, -0.05) is 13.8 Å². The van der Waals surface area contributed by atoms with E-state index in [9.17, 15) is 9.59 Å². The summed E-state index contributed by atoms with van der Waals surface area (Å²) in [7, 11) is 0. The van der Waals surface area contributed by atoms with E-state index in [2.05, 4.69) is 34.1 Å². The first-order chi connectivity index (χ1) is 13.4. The number of amides is 3. The number of nitrogens with one attached hydrogen (secondary N) is 1. The monoisotopic (exact) mass is 391 g/mol. The Hall–Kier alpha value is -2.16. The fourth-order valence-electron chi connectivity index (χ4n) is 4.22. The fourth-order valence-corrected chi connectivity index (χ4v) is 4.22. The molecule has 2 saturated heterocycles. The van der Waals surface area contributed by atoms with Crippen LogP contribution in [0.5, 0.6) is 0 Å². The highest BCUT2D eigenvalue weighted by Gasteiger charge is 2.28. The van der Waals surface area contributed by atoms with Crippen LogP contribution in [-0.2, 0) is 11.3 Å². The van der Waals surface area contributed by atoms with Gasteiger partial charge in [0.2, 0.25) is 5.91 Å². The summed E-state index contributed by atoms with van der Waals surface area (Å²) in [5, 5.41) is 7.07. The van der Waals surface area contributed by atoms with Crippen molar-refractivity contribution in [2.75, 3.05) is 45.8 Å². The summed E-state index contributed by atoms with van der Waals surface area (Å²) in [4.78, 5) is 35.0. The molecular formula is C19H33N7O2. The summed E-state index contributed by atoms with van der Waals surface area (Å²) in [6.45, 7) is 11.9. The lowest BCUT2D eigenvalue weighted by molar-refractivity contribution is -0.135. The van der Waals surface area contributed by atoms with Crippen LogP contribution in [0.2, 0.25) is 0 Å². The molecule has 28 heavy (non-hydrogen) atoms. The van der Waals surface area contributed by atoms with Crippen molar-refractivity contribution in [3.63, 3.8) is 0 Å². The second-order valence-corrected chi connectivity index (χ2v) is 8.48. The maximum atomic E-state index is 12.6. The Labute approximate surface area is 167 Å². The van der Waals surface area contributed by atoms with Gasteiger partial charge >= 0.3 is 6.03 Å². The number of nitrogens with zero attached hydrogens (tertiary/aromatic N) is 6. The molecule has 2 fully saturated rings. The molecule has 2 aliphatic rings. The van der Waals surface area contributed by atoms with Crippen LogP contribution in [0, 0.1) is 11.8 Å². The minimum Gasteiger partial charge on any atom is -0.341 e. The van der Waals surface area contributed by atoms with E-state index < -0.39 is 0 Å². The number of piperazine rings is 1. The van der Waals surface area contributed by atoms with Crippen molar-refractivity contribution in [3.05, 3.63) is 12.7 Å². The third kappa shape index (κ3) is 5.67. The molecule has 1 aromatic heterocycles. The molecule has 1 N–H and O–H groups in total. The summed E-state index contributed by atoms with van der Waals surface area (Å²) >= 11 is 0. The molecule has 9 heteroatoms. The smallest absolute Gasteiger partial charge is 0.317 e. The quantitative estimate of drug-likeness (QED) is 0.790. The predicted octanol–water partition coefficient (Wildman–Crippen LogP) is 0.498. The molecule has 1 aromatic rings. The Morgan fingerprint density at radius 1 is 1.11 bits per heavy atom. The van der Waals surface area contributed by atoms with Gasteiger partial charge in [-0.25, -0.2) is 9.78 Å². The Kier molecular flexibility index (Phi) is 6.88.